The number of fused-ring (bicyclic) bond motifs is 1. The Hall–Kier alpha value is -3.92. The van der Waals surface area contributed by atoms with E-state index in [2.05, 4.69) is 44.4 Å². The molecule has 10 nitrogen and oxygen atoms in total. The monoisotopic (exact) mass is 473 g/mol. The zero-order chi connectivity index (χ0) is 24.4. The summed E-state index contributed by atoms with van der Waals surface area (Å²) in [5.74, 6) is 2.66. The van der Waals surface area contributed by atoms with Crippen molar-refractivity contribution < 1.29 is 4.74 Å². The van der Waals surface area contributed by atoms with Gasteiger partial charge in [0.05, 0.1) is 18.0 Å². The number of aromatic nitrogens is 5. The highest BCUT2D eigenvalue weighted by Crippen LogP contribution is 2.26. The summed E-state index contributed by atoms with van der Waals surface area (Å²) in [4.78, 5) is 23.0. The molecule has 0 amide bonds. The molecule has 182 valence electrons. The third kappa shape index (κ3) is 5.43. The van der Waals surface area contributed by atoms with E-state index in [1.165, 1.54) is 0 Å². The van der Waals surface area contributed by atoms with Gasteiger partial charge in [-0.25, -0.2) is 9.97 Å². The third-order valence-corrected chi connectivity index (χ3v) is 6.02. The van der Waals surface area contributed by atoms with Crippen molar-refractivity contribution in [3.05, 3.63) is 55.1 Å². The highest BCUT2D eigenvalue weighted by molar-refractivity contribution is 5.66. The van der Waals surface area contributed by atoms with Gasteiger partial charge >= 0.3 is 0 Å². The van der Waals surface area contributed by atoms with Gasteiger partial charge in [0.25, 0.3) is 0 Å². The molecule has 1 fully saturated rings. The van der Waals surface area contributed by atoms with Crippen molar-refractivity contribution in [1.82, 2.24) is 29.2 Å². The number of nitrogens with one attached hydrogen (secondary N) is 2. The summed E-state index contributed by atoms with van der Waals surface area (Å²) < 4.78 is 7.62. The van der Waals surface area contributed by atoms with Gasteiger partial charge in [0, 0.05) is 68.2 Å². The predicted molar refractivity (Wildman–Crippen MR) is 138 cm³/mol. The van der Waals surface area contributed by atoms with Crippen LogP contribution in [-0.4, -0.2) is 68.1 Å². The minimum absolute atomic E-state index is 0.0714. The number of piperazine rings is 1. The van der Waals surface area contributed by atoms with Crippen molar-refractivity contribution in [2.75, 3.05) is 42.2 Å². The lowest BCUT2D eigenvalue weighted by atomic mass is 10.2. The van der Waals surface area contributed by atoms with Crippen molar-refractivity contribution in [3.8, 4) is 5.88 Å². The number of hydrogen-bond acceptors (Lipinski definition) is 9. The number of hydrogen-bond donors (Lipinski definition) is 2. The molecule has 0 saturated carbocycles. The van der Waals surface area contributed by atoms with Crippen molar-refractivity contribution in [3.63, 3.8) is 0 Å². The lowest BCUT2D eigenvalue weighted by Gasteiger charge is -2.38. The van der Waals surface area contributed by atoms with E-state index in [0.29, 0.717) is 23.7 Å². The minimum atomic E-state index is 0.0714. The van der Waals surface area contributed by atoms with Gasteiger partial charge in [0.1, 0.15) is 17.3 Å². The Morgan fingerprint density at radius 3 is 2.66 bits per heavy atom. The standard InChI is InChI=1S/C25H31N9O/c1-17(2)35-24-6-5-20(15-27-24)29-25-30-21(28-19-7-9-33-10-8-26-22(33)13-19)14-23(31-25)34-12-11-32(4)18(3)16-34/h5-10,13-15,17-18H,11-12,16H2,1-4H3,(H2,28,29,30,31)/t18-/m0/s1. The van der Waals surface area contributed by atoms with Gasteiger partial charge in [-0.3, -0.25) is 0 Å². The zero-order valence-electron chi connectivity index (χ0n) is 20.5. The van der Waals surface area contributed by atoms with Crippen LogP contribution >= 0.6 is 0 Å². The highest BCUT2D eigenvalue weighted by atomic mass is 16.5. The van der Waals surface area contributed by atoms with Crippen molar-refractivity contribution in [1.29, 1.82) is 0 Å². The molecule has 5 heterocycles. The molecule has 0 radical (unpaired) electrons. The molecule has 0 unspecified atom stereocenters. The molecule has 4 aromatic rings. The van der Waals surface area contributed by atoms with E-state index in [4.69, 9.17) is 14.7 Å². The maximum Gasteiger partial charge on any atom is 0.231 e. The Morgan fingerprint density at radius 2 is 1.89 bits per heavy atom. The number of ether oxygens (including phenoxy) is 1. The van der Waals surface area contributed by atoms with Gasteiger partial charge in [0.2, 0.25) is 11.8 Å². The predicted octanol–water partition coefficient (Wildman–Crippen LogP) is 3.93. The van der Waals surface area contributed by atoms with Crippen LogP contribution in [0.4, 0.5) is 29.0 Å². The molecule has 0 spiro atoms. The van der Waals surface area contributed by atoms with E-state index >= 15 is 0 Å². The Morgan fingerprint density at radius 1 is 1.00 bits per heavy atom. The molecule has 0 aromatic carbocycles. The molecule has 0 bridgehead atoms. The molecule has 4 aromatic heterocycles. The number of nitrogens with zero attached hydrogens (tertiary/aromatic N) is 7. The number of likely N-dealkylation sites (N-methyl/N-ethyl adjacent to an activating group) is 1. The molecule has 2 N–H and O–H groups in total. The topological polar surface area (TPSA) is 95.7 Å². The number of anilines is 5. The van der Waals surface area contributed by atoms with Crippen LogP contribution in [0.5, 0.6) is 5.88 Å². The first-order valence-electron chi connectivity index (χ1n) is 11.9. The first-order valence-corrected chi connectivity index (χ1v) is 11.9. The van der Waals surface area contributed by atoms with Gasteiger partial charge in [-0.2, -0.15) is 9.97 Å². The first-order chi connectivity index (χ1) is 16.9. The Balaban J connectivity index is 1.43. The highest BCUT2D eigenvalue weighted by Gasteiger charge is 2.22. The summed E-state index contributed by atoms with van der Waals surface area (Å²) in [5, 5.41) is 6.73. The van der Waals surface area contributed by atoms with Crippen LogP contribution in [-0.2, 0) is 0 Å². The molecule has 1 atom stereocenters. The van der Waals surface area contributed by atoms with E-state index < -0.39 is 0 Å². The molecule has 1 aliphatic rings. The zero-order valence-corrected chi connectivity index (χ0v) is 20.5. The summed E-state index contributed by atoms with van der Waals surface area (Å²) in [7, 11) is 2.16. The van der Waals surface area contributed by atoms with Gasteiger partial charge in [0.15, 0.2) is 0 Å². The molecule has 1 saturated heterocycles. The van der Waals surface area contributed by atoms with Crippen molar-refractivity contribution in [2.24, 2.45) is 0 Å². The molecular weight excluding hydrogens is 442 g/mol. The van der Waals surface area contributed by atoms with E-state index in [1.54, 1.807) is 12.4 Å². The van der Waals surface area contributed by atoms with Crippen LogP contribution in [0.25, 0.3) is 5.65 Å². The fraction of sp³-hybridized carbons (Fsp3) is 0.360. The van der Waals surface area contributed by atoms with Crippen LogP contribution in [0, 0.1) is 0 Å². The van der Waals surface area contributed by atoms with Crippen LogP contribution in [0.3, 0.4) is 0 Å². The maximum atomic E-state index is 5.65. The normalized spacial score (nSPS) is 16.6. The van der Waals surface area contributed by atoms with Crippen LogP contribution in [0.15, 0.2) is 55.1 Å². The number of imidazole rings is 1. The molecular formula is C25H31N9O. The SMILES string of the molecule is CC(C)Oc1ccc(Nc2nc(Nc3ccn4ccnc4c3)cc(N3CCN(C)[C@@H](C)C3)n2)cn1. The van der Waals surface area contributed by atoms with Crippen LogP contribution < -0.4 is 20.3 Å². The summed E-state index contributed by atoms with van der Waals surface area (Å²) in [5.41, 5.74) is 2.56. The van der Waals surface area contributed by atoms with E-state index in [0.717, 1.165) is 42.5 Å². The molecule has 35 heavy (non-hydrogen) atoms. The summed E-state index contributed by atoms with van der Waals surface area (Å²) in [6.07, 6.45) is 7.47. The number of rotatable bonds is 7. The average Bonchev–Trinajstić information content (AvgIpc) is 3.30. The Kier molecular flexibility index (Phi) is 6.37. The van der Waals surface area contributed by atoms with Crippen LogP contribution in [0.2, 0.25) is 0 Å². The quantitative estimate of drug-likeness (QED) is 0.414. The minimum Gasteiger partial charge on any atom is -0.475 e. The summed E-state index contributed by atoms with van der Waals surface area (Å²) in [6.45, 7) is 8.97. The van der Waals surface area contributed by atoms with Gasteiger partial charge in [-0.1, -0.05) is 0 Å². The van der Waals surface area contributed by atoms with E-state index in [1.807, 2.05) is 61.0 Å². The third-order valence-electron chi connectivity index (χ3n) is 6.02. The first kappa shape index (κ1) is 22.9. The average molecular weight is 474 g/mol. The largest absolute Gasteiger partial charge is 0.475 e. The van der Waals surface area contributed by atoms with Gasteiger partial charge in [-0.05, 0) is 40.0 Å². The van der Waals surface area contributed by atoms with Gasteiger partial charge < -0.3 is 29.6 Å². The van der Waals surface area contributed by atoms with E-state index in [-0.39, 0.29) is 6.10 Å². The number of pyridine rings is 2. The Labute approximate surface area is 205 Å². The lowest BCUT2D eigenvalue weighted by molar-refractivity contribution is 0.232. The molecule has 1 aliphatic heterocycles. The van der Waals surface area contributed by atoms with E-state index in [9.17, 15) is 0 Å². The molecule has 10 heteroatoms. The molecule has 0 aliphatic carbocycles. The van der Waals surface area contributed by atoms with Gasteiger partial charge in [-0.15, -0.1) is 0 Å². The fourth-order valence-electron chi connectivity index (χ4n) is 4.00. The second-order valence-corrected chi connectivity index (χ2v) is 9.12. The lowest BCUT2D eigenvalue weighted by Crippen LogP contribution is -2.50. The smallest absolute Gasteiger partial charge is 0.231 e. The fourth-order valence-corrected chi connectivity index (χ4v) is 4.00. The Bertz CT molecular complexity index is 1290. The van der Waals surface area contributed by atoms with Crippen molar-refractivity contribution >= 4 is 34.6 Å². The second kappa shape index (κ2) is 9.75. The maximum absolute atomic E-state index is 5.65. The van der Waals surface area contributed by atoms with Crippen LogP contribution in [0.1, 0.15) is 20.8 Å². The van der Waals surface area contributed by atoms with Crippen molar-refractivity contribution in [2.45, 2.75) is 32.9 Å². The summed E-state index contributed by atoms with van der Waals surface area (Å²) in [6, 6.07) is 10.2. The summed E-state index contributed by atoms with van der Waals surface area (Å²) >= 11 is 0. The molecule has 5 rings (SSSR count). The second-order valence-electron chi connectivity index (χ2n) is 9.12.